The Morgan fingerprint density at radius 3 is 1.94 bits per heavy atom. The molecule has 0 bridgehead atoms. The molecule has 0 radical (unpaired) electrons. The molecule has 1 saturated heterocycles. The van der Waals surface area contributed by atoms with Crippen LogP contribution >= 0.6 is 0 Å². The van der Waals surface area contributed by atoms with Crippen molar-refractivity contribution in [1.82, 2.24) is 0 Å². The molecular weight excluding hydrogens is 453 g/mol. The Balaban J connectivity index is 1.60. The third-order valence-corrected chi connectivity index (χ3v) is 5.60. The van der Waals surface area contributed by atoms with E-state index in [2.05, 4.69) is 0 Å². The Morgan fingerprint density at radius 1 is 0.824 bits per heavy atom. The summed E-state index contributed by atoms with van der Waals surface area (Å²) in [5.74, 6) is -0.823. The number of benzene rings is 3. The standard InChI is InChI=1S/C25H21F3O6/c26-25(27,28)18-12-10-16(11-13-18)21(22-19(29)20(30)24(32)34-22)33-23(31)17-8-6-15(7-9-17)14-4-2-1-3-5-14/h1-13,19-22,24,29-30,32H/t19-,20+,21+,22-,24?/m0/s1. The lowest BCUT2D eigenvalue weighted by atomic mass is 9.97. The lowest BCUT2D eigenvalue weighted by molar-refractivity contribution is -0.148. The van der Waals surface area contributed by atoms with Crippen LogP contribution in [0.25, 0.3) is 11.1 Å². The lowest BCUT2D eigenvalue weighted by Crippen LogP contribution is -2.36. The highest BCUT2D eigenvalue weighted by Crippen LogP contribution is 2.36. The molecule has 0 amide bonds. The quantitative estimate of drug-likeness (QED) is 0.488. The van der Waals surface area contributed by atoms with Crippen LogP contribution in [0.2, 0.25) is 0 Å². The second-order valence-corrected chi connectivity index (χ2v) is 7.86. The van der Waals surface area contributed by atoms with Crippen molar-refractivity contribution in [1.29, 1.82) is 0 Å². The monoisotopic (exact) mass is 474 g/mol. The van der Waals surface area contributed by atoms with Gasteiger partial charge in [0, 0.05) is 0 Å². The molecule has 6 nitrogen and oxygen atoms in total. The van der Waals surface area contributed by atoms with Crippen molar-refractivity contribution in [3.63, 3.8) is 0 Å². The molecule has 0 aromatic heterocycles. The van der Waals surface area contributed by atoms with Crippen molar-refractivity contribution in [3.8, 4) is 11.1 Å². The first-order chi connectivity index (χ1) is 16.1. The van der Waals surface area contributed by atoms with Gasteiger partial charge in [-0.1, -0.05) is 54.6 Å². The number of alkyl halides is 3. The van der Waals surface area contributed by atoms with Crippen molar-refractivity contribution in [2.24, 2.45) is 0 Å². The Bertz CT molecular complexity index is 1120. The van der Waals surface area contributed by atoms with Crippen LogP contribution in [0.5, 0.6) is 0 Å². The highest BCUT2D eigenvalue weighted by atomic mass is 19.4. The molecule has 178 valence electrons. The third-order valence-electron chi connectivity index (χ3n) is 5.60. The molecule has 34 heavy (non-hydrogen) atoms. The predicted molar refractivity (Wildman–Crippen MR) is 114 cm³/mol. The largest absolute Gasteiger partial charge is 0.451 e. The summed E-state index contributed by atoms with van der Waals surface area (Å²) in [5, 5.41) is 29.9. The van der Waals surface area contributed by atoms with Gasteiger partial charge in [0.1, 0.15) is 18.3 Å². The fourth-order valence-corrected chi connectivity index (χ4v) is 3.73. The van der Waals surface area contributed by atoms with Gasteiger partial charge in [-0.2, -0.15) is 13.2 Å². The molecular formula is C25H21F3O6. The molecule has 3 aromatic rings. The average Bonchev–Trinajstić information content (AvgIpc) is 3.09. The summed E-state index contributed by atoms with van der Waals surface area (Å²) in [6.07, 6.45) is -12.4. The van der Waals surface area contributed by atoms with Crippen LogP contribution < -0.4 is 0 Å². The Hall–Kier alpha value is -3.24. The minimum Gasteiger partial charge on any atom is -0.451 e. The van der Waals surface area contributed by atoms with Crippen molar-refractivity contribution in [2.75, 3.05) is 0 Å². The van der Waals surface area contributed by atoms with E-state index in [9.17, 15) is 33.3 Å². The molecule has 1 aliphatic rings. The molecule has 0 saturated carbocycles. The highest BCUT2D eigenvalue weighted by Gasteiger charge is 2.47. The average molecular weight is 474 g/mol. The van der Waals surface area contributed by atoms with Crippen LogP contribution in [0.3, 0.4) is 0 Å². The van der Waals surface area contributed by atoms with Gasteiger partial charge in [0.2, 0.25) is 0 Å². The van der Waals surface area contributed by atoms with Gasteiger partial charge in [-0.3, -0.25) is 0 Å². The second-order valence-electron chi connectivity index (χ2n) is 7.86. The van der Waals surface area contributed by atoms with E-state index in [4.69, 9.17) is 9.47 Å². The first-order valence-corrected chi connectivity index (χ1v) is 10.4. The van der Waals surface area contributed by atoms with Crippen molar-refractivity contribution in [2.45, 2.75) is 36.9 Å². The number of halogens is 3. The van der Waals surface area contributed by atoms with Gasteiger partial charge in [-0.25, -0.2) is 4.79 Å². The fraction of sp³-hybridized carbons (Fsp3) is 0.240. The van der Waals surface area contributed by atoms with Gasteiger partial charge in [0.25, 0.3) is 0 Å². The lowest BCUT2D eigenvalue weighted by Gasteiger charge is -2.26. The van der Waals surface area contributed by atoms with Gasteiger partial charge in [-0.15, -0.1) is 0 Å². The second kappa shape index (κ2) is 9.55. The molecule has 4 rings (SSSR count). The van der Waals surface area contributed by atoms with E-state index in [0.29, 0.717) is 0 Å². The van der Waals surface area contributed by atoms with E-state index in [1.54, 1.807) is 12.1 Å². The molecule has 1 aliphatic heterocycles. The van der Waals surface area contributed by atoms with Gasteiger partial charge >= 0.3 is 12.1 Å². The molecule has 0 spiro atoms. The summed E-state index contributed by atoms with van der Waals surface area (Å²) in [5.41, 5.74) is 1.14. The SMILES string of the molecule is O=C(O[C@H](c1ccc(C(F)(F)F)cc1)[C@H]1OC(O)[C@H](O)[C@@H]1O)c1ccc(-c2ccccc2)cc1. The van der Waals surface area contributed by atoms with Crippen molar-refractivity contribution >= 4 is 5.97 Å². The maximum absolute atomic E-state index is 13.0. The summed E-state index contributed by atoms with van der Waals surface area (Å²) in [6.45, 7) is 0. The summed E-state index contributed by atoms with van der Waals surface area (Å²) in [6, 6.07) is 19.7. The molecule has 1 fully saturated rings. The van der Waals surface area contributed by atoms with Crippen LogP contribution in [0, 0.1) is 0 Å². The Kier molecular flexibility index (Phi) is 6.72. The summed E-state index contributed by atoms with van der Waals surface area (Å²) in [7, 11) is 0. The first kappa shape index (κ1) is 23.9. The van der Waals surface area contributed by atoms with Crippen molar-refractivity contribution < 1.29 is 42.8 Å². The predicted octanol–water partition coefficient (Wildman–Crippen LogP) is 3.71. The van der Waals surface area contributed by atoms with Gasteiger partial charge < -0.3 is 24.8 Å². The molecule has 1 unspecified atom stereocenters. The van der Waals surface area contributed by atoms with E-state index < -0.39 is 48.4 Å². The number of aliphatic hydroxyl groups is 3. The zero-order valence-electron chi connectivity index (χ0n) is 17.6. The first-order valence-electron chi connectivity index (χ1n) is 10.4. The van der Waals surface area contributed by atoms with Crippen LogP contribution in [0.15, 0.2) is 78.9 Å². The van der Waals surface area contributed by atoms with Gasteiger partial charge in [0.05, 0.1) is 11.1 Å². The van der Waals surface area contributed by atoms with E-state index in [0.717, 1.165) is 35.4 Å². The summed E-state index contributed by atoms with van der Waals surface area (Å²) < 4.78 is 49.6. The van der Waals surface area contributed by atoms with Crippen LogP contribution in [0.1, 0.15) is 27.6 Å². The smallest absolute Gasteiger partial charge is 0.416 e. The van der Waals surface area contributed by atoms with Crippen LogP contribution in [0.4, 0.5) is 13.2 Å². The zero-order valence-corrected chi connectivity index (χ0v) is 17.6. The maximum atomic E-state index is 13.0. The van der Waals surface area contributed by atoms with E-state index >= 15 is 0 Å². The van der Waals surface area contributed by atoms with Gasteiger partial charge in [-0.05, 0) is 41.0 Å². The zero-order chi connectivity index (χ0) is 24.5. The number of hydrogen-bond acceptors (Lipinski definition) is 6. The molecule has 1 heterocycles. The third kappa shape index (κ3) is 4.97. The fourth-order valence-electron chi connectivity index (χ4n) is 3.73. The van der Waals surface area contributed by atoms with Crippen molar-refractivity contribution in [3.05, 3.63) is 95.6 Å². The Labute approximate surface area is 192 Å². The Morgan fingerprint density at radius 2 is 1.41 bits per heavy atom. The number of esters is 1. The number of ether oxygens (including phenoxy) is 2. The number of carbonyl (C=O) groups is 1. The minimum atomic E-state index is -4.57. The number of aliphatic hydroxyl groups excluding tert-OH is 3. The van der Waals surface area contributed by atoms with Crippen LogP contribution in [-0.2, 0) is 15.7 Å². The van der Waals surface area contributed by atoms with E-state index in [-0.39, 0.29) is 11.1 Å². The molecule has 0 aliphatic carbocycles. The number of hydrogen-bond donors (Lipinski definition) is 3. The highest BCUT2D eigenvalue weighted by molar-refractivity contribution is 5.90. The maximum Gasteiger partial charge on any atom is 0.416 e. The molecule has 9 heteroatoms. The van der Waals surface area contributed by atoms with Crippen LogP contribution in [-0.4, -0.2) is 45.9 Å². The normalized spacial score (nSPS) is 23.5. The molecule has 3 N–H and O–H groups in total. The summed E-state index contributed by atoms with van der Waals surface area (Å²) in [4.78, 5) is 12.9. The van der Waals surface area contributed by atoms with E-state index in [1.165, 1.54) is 12.1 Å². The number of rotatable bonds is 5. The number of carbonyl (C=O) groups excluding carboxylic acids is 1. The van der Waals surface area contributed by atoms with Gasteiger partial charge in [0.15, 0.2) is 12.4 Å². The van der Waals surface area contributed by atoms with E-state index in [1.807, 2.05) is 30.3 Å². The summed E-state index contributed by atoms with van der Waals surface area (Å²) >= 11 is 0. The molecule has 3 aromatic carbocycles. The topological polar surface area (TPSA) is 96.2 Å². The molecule has 5 atom stereocenters. The minimum absolute atomic E-state index is 0.0904.